The third kappa shape index (κ3) is 7.52. The maximum absolute atomic E-state index is 5.80. The van der Waals surface area contributed by atoms with Gasteiger partial charge in [0, 0.05) is 6.04 Å². The molecule has 1 atom stereocenters. The molecule has 2 nitrogen and oxygen atoms in total. The minimum Gasteiger partial charge on any atom is -0.494 e. The molecule has 1 aromatic rings. The summed E-state index contributed by atoms with van der Waals surface area (Å²) in [5.41, 5.74) is 1.37. The molecule has 0 bridgehead atoms. The van der Waals surface area contributed by atoms with Crippen LogP contribution in [0, 0.1) is 0 Å². The molecule has 1 aromatic carbocycles. The van der Waals surface area contributed by atoms with Crippen molar-refractivity contribution in [3.63, 3.8) is 0 Å². The second-order valence-corrected chi connectivity index (χ2v) is 5.75. The Bertz CT molecular complexity index is 347. The maximum atomic E-state index is 5.80. The summed E-state index contributed by atoms with van der Waals surface area (Å²) in [6.45, 7) is 8.64. The van der Waals surface area contributed by atoms with Crippen LogP contribution >= 0.6 is 0 Å². The van der Waals surface area contributed by atoms with E-state index in [0.717, 1.165) is 31.7 Å². The number of rotatable bonds is 12. The lowest BCUT2D eigenvalue weighted by Crippen LogP contribution is -2.21. The standard InChI is InChI=1S/C19H33NO/c1-4-7-9-10-16-21-18-13-11-17(12-14-18)19(6-3)20-15-8-5-2/h11-14,19-20H,4-10,15-16H2,1-3H3. The summed E-state index contributed by atoms with van der Waals surface area (Å²) in [6.07, 6.45) is 8.63. The Morgan fingerprint density at radius 1 is 0.905 bits per heavy atom. The fourth-order valence-electron chi connectivity index (χ4n) is 2.47. The molecule has 0 saturated heterocycles. The van der Waals surface area contributed by atoms with Crippen molar-refractivity contribution in [2.75, 3.05) is 13.2 Å². The van der Waals surface area contributed by atoms with Gasteiger partial charge in [0.1, 0.15) is 5.75 Å². The van der Waals surface area contributed by atoms with Gasteiger partial charge in [-0.2, -0.15) is 0 Å². The lowest BCUT2D eigenvalue weighted by Gasteiger charge is -2.17. The van der Waals surface area contributed by atoms with Gasteiger partial charge >= 0.3 is 0 Å². The first kappa shape index (κ1) is 18.0. The first-order valence-corrected chi connectivity index (χ1v) is 8.77. The van der Waals surface area contributed by atoms with Crippen LogP contribution in [0.3, 0.4) is 0 Å². The predicted molar refractivity (Wildman–Crippen MR) is 92.0 cm³/mol. The molecule has 120 valence electrons. The summed E-state index contributed by atoms with van der Waals surface area (Å²) in [4.78, 5) is 0. The van der Waals surface area contributed by atoms with Crippen LogP contribution in [0.25, 0.3) is 0 Å². The van der Waals surface area contributed by atoms with E-state index in [-0.39, 0.29) is 0 Å². The van der Waals surface area contributed by atoms with E-state index in [0.29, 0.717) is 6.04 Å². The van der Waals surface area contributed by atoms with Gasteiger partial charge in [0.15, 0.2) is 0 Å². The molecule has 0 saturated carbocycles. The van der Waals surface area contributed by atoms with E-state index in [2.05, 4.69) is 50.4 Å². The number of hydrogen-bond donors (Lipinski definition) is 1. The number of nitrogens with one attached hydrogen (secondary N) is 1. The first-order valence-electron chi connectivity index (χ1n) is 8.77. The molecule has 0 heterocycles. The minimum absolute atomic E-state index is 0.468. The Morgan fingerprint density at radius 3 is 2.24 bits per heavy atom. The number of unbranched alkanes of at least 4 members (excludes halogenated alkanes) is 4. The Morgan fingerprint density at radius 2 is 1.62 bits per heavy atom. The molecule has 0 aliphatic carbocycles. The molecule has 21 heavy (non-hydrogen) atoms. The molecule has 0 radical (unpaired) electrons. The molecule has 1 unspecified atom stereocenters. The van der Waals surface area contributed by atoms with Crippen LogP contribution in [-0.4, -0.2) is 13.2 Å². The molecule has 0 aliphatic rings. The van der Waals surface area contributed by atoms with Crippen LogP contribution in [0.5, 0.6) is 5.75 Å². The van der Waals surface area contributed by atoms with Gasteiger partial charge < -0.3 is 10.1 Å². The SMILES string of the molecule is CCCCCCOc1ccc(C(CC)NCCCC)cc1. The van der Waals surface area contributed by atoms with Gasteiger partial charge in [-0.1, -0.05) is 58.6 Å². The van der Waals surface area contributed by atoms with Crippen LogP contribution in [0.4, 0.5) is 0 Å². The van der Waals surface area contributed by atoms with E-state index in [4.69, 9.17) is 4.74 Å². The van der Waals surface area contributed by atoms with Crippen molar-refractivity contribution in [1.29, 1.82) is 0 Å². The molecule has 1 N–H and O–H groups in total. The molecule has 0 aliphatic heterocycles. The highest BCUT2D eigenvalue weighted by Gasteiger charge is 2.08. The number of ether oxygens (including phenoxy) is 1. The predicted octanol–water partition coefficient (Wildman–Crippen LogP) is 5.49. The summed E-state index contributed by atoms with van der Waals surface area (Å²) < 4.78 is 5.80. The molecular weight excluding hydrogens is 258 g/mol. The topological polar surface area (TPSA) is 21.3 Å². The fourth-order valence-corrected chi connectivity index (χ4v) is 2.47. The van der Waals surface area contributed by atoms with Crippen LogP contribution in [0.1, 0.15) is 77.3 Å². The monoisotopic (exact) mass is 291 g/mol. The van der Waals surface area contributed by atoms with Gasteiger partial charge in [-0.25, -0.2) is 0 Å². The van der Waals surface area contributed by atoms with Crippen LogP contribution in [-0.2, 0) is 0 Å². The van der Waals surface area contributed by atoms with Crippen molar-refractivity contribution in [2.24, 2.45) is 0 Å². The van der Waals surface area contributed by atoms with Gasteiger partial charge in [0.2, 0.25) is 0 Å². The Kier molecular flexibility index (Phi) is 9.98. The van der Waals surface area contributed by atoms with Crippen molar-refractivity contribution in [3.05, 3.63) is 29.8 Å². The average molecular weight is 291 g/mol. The second-order valence-electron chi connectivity index (χ2n) is 5.75. The van der Waals surface area contributed by atoms with E-state index in [1.165, 1.54) is 37.7 Å². The third-order valence-electron chi connectivity index (χ3n) is 3.88. The minimum atomic E-state index is 0.468. The van der Waals surface area contributed by atoms with Crippen LogP contribution < -0.4 is 10.1 Å². The van der Waals surface area contributed by atoms with Gasteiger partial charge in [-0.3, -0.25) is 0 Å². The van der Waals surface area contributed by atoms with Crippen molar-refractivity contribution < 1.29 is 4.74 Å². The summed E-state index contributed by atoms with van der Waals surface area (Å²) in [5, 5.41) is 3.63. The average Bonchev–Trinajstić information content (AvgIpc) is 2.52. The lowest BCUT2D eigenvalue weighted by molar-refractivity contribution is 0.305. The van der Waals surface area contributed by atoms with E-state index in [1.54, 1.807) is 0 Å². The molecule has 0 aromatic heterocycles. The zero-order valence-corrected chi connectivity index (χ0v) is 14.2. The fraction of sp³-hybridized carbons (Fsp3) is 0.684. The van der Waals surface area contributed by atoms with E-state index >= 15 is 0 Å². The highest BCUT2D eigenvalue weighted by molar-refractivity contribution is 5.29. The lowest BCUT2D eigenvalue weighted by atomic mass is 10.0. The second kappa shape index (κ2) is 11.6. The maximum Gasteiger partial charge on any atom is 0.119 e. The normalized spacial score (nSPS) is 12.3. The Hall–Kier alpha value is -1.02. The van der Waals surface area contributed by atoms with E-state index < -0.39 is 0 Å². The van der Waals surface area contributed by atoms with Gasteiger partial charge in [-0.15, -0.1) is 0 Å². The largest absolute Gasteiger partial charge is 0.494 e. The van der Waals surface area contributed by atoms with E-state index in [1.807, 2.05) is 0 Å². The van der Waals surface area contributed by atoms with Crippen LogP contribution in [0.2, 0.25) is 0 Å². The molecule has 2 heteroatoms. The molecule has 0 amide bonds. The molecule has 0 spiro atoms. The molecule has 0 fully saturated rings. The van der Waals surface area contributed by atoms with Crippen molar-refractivity contribution in [3.8, 4) is 5.75 Å². The third-order valence-corrected chi connectivity index (χ3v) is 3.88. The summed E-state index contributed by atoms with van der Waals surface area (Å²) in [6, 6.07) is 9.09. The van der Waals surface area contributed by atoms with Gasteiger partial charge in [-0.05, 0) is 43.5 Å². The number of hydrogen-bond acceptors (Lipinski definition) is 2. The summed E-state index contributed by atoms with van der Waals surface area (Å²) in [7, 11) is 0. The number of benzene rings is 1. The van der Waals surface area contributed by atoms with Crippen molar-refractivity contribution in [1.82, 2.24) is 5.32 Å². The van der Waals surface area contributed by atoms with E-state index in [9.17, 15) is 0 Å². The molecule has 1 rings (SSSR count). The van der Waals surface area contributed by atoms with Crippen molar-refractivity contribution >= 4 is 0 Å². The zero-order valence-electron chi connectivity index (χ0n) is 14.2. The molecular formula is C19H33NO. The highest BCUT2D eigenvalue weighted by atomic mass is 16.5. The Balaban J connectivity index is 2.37. The van der Waals surface area contributed by atoms with Gasteiger partial charge in [0.25, 0.3) is 0 Å². The van der Waals surface area contributed by atoms with Gasteiger partial charge in [0.05, 0.1) is 6.61 Å². The summed E-state index contributed by atoms with van der Waals surface area (Å²) in [5.74, 6) is 0.999. The quantitative estimate of drug-likeness (QED) is 0.514. The van der Waals surface area contributed by atoms with Crippen molar-refractivity contribution in [2.45, 2.75) is 71.8 Å². The Labute approximate surface area is 131 Å². The highest BCUT2D eigenvalue weighted by Crippen LogP contribution is 2.20. The smallest absolute Gasteiger partial charge is 0.119 e. The van der Waals surface area contributed by atoms with Crippen LogP contribution in [0.15, 0.2) is 24.3 Å². The summed E-state index contributed by atoms with van der Waals surface area (Å²) >= 11 is 0. The zero-order chi connectivity index (χ0) is 15.3. The first-order chi connectivity index (χ1) is 10.3.